The number of hydrogen-bond acceptors (Lipinski definition) is 3. The monoisotopic (exact) mass is 163 g/mol. The van der Waals surface area contributed by atoms with Crippen LogP contribution in [0, 0.1) is 0 Å². The van der Waals surface area contributed by atoms with E-state index in [1.54, 1.807) is 30.1 Å². The van der Waals surface area contributed by atoms with Gasteiger partial charge in [0.15, 0.2) is 5.75 Å². The van der Waals surface area contributed by atoms with E-state index in [0.29, 0.717) is 11.4 Å². The molecule has 0 saturated heterocycles. The highest BCUT2D eigenvalue weighted by molar-refractivity contribution is 5.70. The highest BCUT2D eigenvalue weighted by Crippen LogP contribution is 2.25. The van der Waals surface area contributed by atoms with Gasteiger partial charge in [0.25, 0.3) is 0 Å². The molecule has 4 heteroatoms. The molecule has 0 amide bonds. The van der Waals surface area contributed by atoms with Crippen molar-refractivity contribution in [2.75, 3.05) is 12.8 Å². The van der Waals surface area contributed by atoms with Gasteiger partial charge in [-0.25, -0.2) is 4.52 Å². The van der Waals surface area contributed by atoms with Crippen LogP contribution in [0.3, 0.4) is 0 Å². The molecule has 0 radical (unpaired) electrons. The molecule has 0 fully saturated rings. The molecule has 0 aromatic carbocycles. The smallest absolute Gasteiger partial charge is 0.167 e. The summed E-state index contributed by atoms with van der Waals surface area (Å²) in [6.07, 6.45) is 3.50. The molecule has 0 aliphatic rings. The quantitative estimate of drug-likeness (QED) is 0.680. The van der Waals surface area contributed by atoms with Crippen LogP contribution in [0.4, 0.5) is 5.69 Å². The molecule has 2 rings (SSSR count). The van der Waals surface area contributed by atoms with Crippen LogP contribution in [0.25, 0.3) is 5.52 Å². The number of methoxy groups -OCH3 is 1. The van der Waals surface area contributed by atoms with Crippen molar-refractivity contribution in [2.45, 2.75) is 0 Å². The van der Waals surface area contributed by atoms with E-state index >= 15 is 0 Å². The number of nitrogens with zero attached hydrogens (tertiary/aromatic N) is 2. The molecule has 0 bridgehead atoms. The second-order valence-electron chi connectivity index (χ2n) is 2.47. The lowest BCUT2D eigenvalue weighted by Gasteiger charge is -2.04. The zero-order valence-electron chi connectivity index (χ0n) is 6.69. The van der Waals surface area contributed by atoms with E-state index in [-0.39, 0.29) is 0 Å². The standard InChI is InChI=1S/C8H9N3O/c1-12-8-6(9)3-5-11-7(8)2-4-10-11/h2-5H,9H2,1H3. The molecule has 0 atom stereocenters. The summed E-state index contributed by atoms with van der Waals surface area (Å²) in [5, 5.41) is 4.05. The van der Waals surface area contributed by atoms with Crippen LogP contribution in [-0.2, 0) is 0 Å². The van der Waals surface area contributed by atoms with Crippen LogP contribution in [0.15, 0.2) is 24.5 Å². The van der Waals surface area contributed by atoms with Crippen LogP contribution in [-0.4, -0.2) is 16.7 Å². The average Bonchev–Trinajstić information content (AvgIpc) is 2.52. The lowest BCUT2D eigenvalue weighted by Crippen LogP contribution is -1.96. The summed E-state index contributed by atoms with van der Waals surface area (Å²) in [5.41, 5.74) is 7.21. The van der Waals surface area contributed by atoms with Gasteiger partial charge >= 0.3 is 0 Å². The number of anilines is 1. The van der Waals surface area contributed by atoms with Gasteiger partial charge in [0.1, 0.15) is 5.52 Å². The third-order valence-corrected chi connectivity index (χ3v) is 1.76. The lowest BCUT2D eigenvalue weighted by atomic mass is 10.3. The molecule has 4 nitrogen and oxygen atoms in total. The number of nitrogen functional groups attached to an aromatic ring is 1. The Bertz CT molecular complexity index is 408. The SMILES string of the molecule is COc1c(N)ccn2nccc12. The summed E-state index contributed by atoms with van der Waals surface area (Å²) in [5.74, 6) is 0.676. The van der Waals surface area contributed by atoms with Crippen molar-refractivity contribution in [1.29, 1.82) is 0 Å². The van der Waals surface area contributed by atoms with Gasteiger partial charge in [0, 0.05) is 6.20 Å². The first kappa shape index (κ1) is 6.97. The zero-order valence-corrected chi connectivity index (χ0v) is 6.69. The molecule has 2 heterocycles. The summed E-state index contributed by atoms with van der Waals surface area (Å²) < 4.78 is 6.85. The Balaban J connectivity index is 2.83. The van der Waals surface area contributed by atoms with E-state index in [1.807, 2.05) is 6.07 Å². The summed E-state index contributed by atoms with van der Waals surface area (Å²) in [4.78, 5) is 0. The van der Waals surface area contributed by atoms with Crippen LogP contribution in [0.1, 0.15) is 0 Å². The van der Waals surface area contributed by atoms with Crippen molar-refractivity contribution in [2.24, 2.45) is 0 Å². The second-order valence-corrected chi connectivity index (χ2v) is 2.47. The normalized spacial score (nSPS) is 10.4. The van der Waals surface area contributed by atoms with Crippen molar-refractivity contribution in [1.82, 2.24) is 9.61 Å². The largest absolute Gasteiger partial charge is 0.492 e. The molecule has 0 aliphatic heterocycles. The number of hydrogen-bond donors (Lipinski definition) is 1. The number of nitrogens with two attached hydrogens (primary N) is 1. The Morgan fingerprint density at radius 2 is 2.33 bits per heavy atom. The third kappa shape index (κ3) is 0.812. The third-order valence-electron chi connectivity index (χ3n) is 1.76. The van der Waals surface area contributed by atoms with Gasteiger partial charge in [-0.05, 0) is 12.1 Å². The fourth-order valence-electron chi connectivity index (χ4n) is 1.21. The van der Waals surface area contributed by atoms with Gasteiger partial charge in [-0.1, -0.05) is 0 Å². The van der Waals surface area contributed by atoms with Crippen molar-refractivity contribution in [3.63, 3.8) is 0 Å². The van der Waals surface area contributed by atoms with Crippen LogP contribution in [0.5, 0.6) is 5.75 Å². The number of rotatable bonds is 1. The predicted octanol–water partition coefficient (Wildman–Crippen LogP) is 0.925. The van der Waals surface area contributed by atoms with E-state index < -0.39 is 0 Å². The second kappa shape index (κ2) is 2.41. The Kier molecular flexibility index (Phi) is 1.40. The minimum absolute atomic E-state index is 0.630. The first-order valence-electron chi connectivity index (χ1n) is 3.59. The van der Waals surface area contributed by atoms with Crippen molar-refractivity contribution < 1.29 is 4.74 Å². The first-order valence-corrected chi connectivity index (χ1v) is 3.59. The molecule has 0 unspecified atom stereocenters. The predicted molar refractivity (Wildman–Crippen MR) is 46.2 cm³/mol. The molecule has 12 heavy (non-hydrogen) atoms. The Morgan fingerprint density at radius 1 is 1.50 bits per heavy atom. The van der Waals surface area contributed by atoms with Gasteiger partial charge < -0.3 is 10.5 Å². The Morgan fingerprint density at radius 3 is 3.08 bits per heavy atom. The van der Waals surface area contributed by atoms with E-state index in [0.717, 1.165) is 5.52 Å². The molecule has 62 valence electrons. The first-order chi connectivity index (χ1) is 5.83. The molecule has 0 spiro atoms. The van der Waals surface area contributed by atoms with E-state index in [4.69, 9.17) is 10.5 Å². The van der Waals surface area contributed by atoms with Crippen LogP contribution < -0.4 is 10.5 Å². The summed E-state index contributed by atoms with van der Waals surface area (Å²) in [6, 6.07) is 3.62. The fraction of sp³-hybridized carbons (Fsp3) is 0.125. The molecule has 2 N–H and O–H groups in total. The van der Waals surface area contributed by atoms with E-state index in [2.05, 4.69) is 5.10 Å². The van der Waals surface area contributed by atoms with E-state index in [1.165, 1.54) is 0 Å². The molecular formula is C8H9N3O. The maximum Gasteiger partial charge on any atom is 0.167 e. The molecule has 0 saturated carbocycles. The van der Waals surface area contributed by atoms with Gasteiger partial charge in [-0.3, -0.25) is 0 Å². The zero-order chi connectivity index (χ0) is 8.55. The van der Waals surface area contributed by atoms with Crippen LogP contribution in [0.2, 0.25) is 0 Å². The molecule has 2 aromatic heterocycles. The van der Waals surface area contributed by atoms with Gasteiger partial charge in [0.05, 0.1) is 19.0 Å². The average molecular weight is 163 g/mol. The van der Waals surface area contributed by atoms with Crippen molar-refractivity contribution in [3.05, 3.63) is 24.5 Å². The Labute approximate surface area is 69.6 Å². The van der Waals surface area contributed by atoms with Crippen molar-refractivity contribution >= 4 is 11.2 Å². The maximum atomic E-state index is 5.69. The van der Waals surface area contributed by atoms with Gasteiger partial charge in [0.2, 0.25) is 0 Å². The molecular weight excluding hydrogens is 154 g/mol. The fourth-order valence-corrected chi connectivity index (χ4v) is 1.21. The summed E-state index contributed by atoms with van der Waals surface area (Å²) >= 11 is 0. The highest BCUT2D eigenvalue weighted by Gasteiger charge is 2.04. The highest BCUT2D eigenvalue weighted by atomic mass is 16.5. The number of pyridine rings is 1. The number of ether oxygens (including phenoxy) is 1. The van der Waals surface area contributed by atoms with E-state index in [9.17, 15) is 0 Å². The molecule has 2 aromatic rings. The minimum atomic E-state index is 0.630. The molecule has 0 aliphatic carbocycles. The number of aromatic nitrogens is 2. The summed E-state index contributed by atoms with van der Waals surface area (Å²) in [7, 11) is 1.60. The minimum Gasteiger partial charge on any atom is -0.492 e. The maximum absolute atomic E-state index is 5.69. The number of fused-ring (bicyclic) bond motifs is 1. The van der Waals surface area contributed by atoms with Gasteiger partial charge in [-0.15, -0.1) is 0 Å². The lowest BCUT2D eigenvalue weighted by molar-refractivity contribution is 0.419. The summed E-state index contributed by atoms with van der Waals surface area (Å²) in [6.45, 7) is 0. The Hall–Kier alpha value is -1.71. The van der Waals surface area contributed by atoms with Gasteiger partial charge in [-0.2, -0.15) is 5.10 Å². The topological polar surface area (TPSA) is 52.5 Å². The van der Waals surface area contributed by atoms with Crippen LogP contribution >= 0.6 is 0 Å². The van der Waals surface area contributed by atoms with Crippen molar-refractivity contribution in [3.8, 4) is 5.75 Å².